The molecule has 156 valence electrons. The second kappa shape index (κ2) is 9.00. The van der Waals surface area contributed by atoms with Crippen LogP contribution >= 0.6 is 0 Å². The normalized spacial score (nSPS) is 11.0. The van der Waals surface area contributed by atoms with E-state index in [-0.39, 0.29) is 6.54 Å². The number of hydrogen-bond donors (Lipinski definition) is 1. The van der Waals surface area contributed by atoms with Crippen molar-refractivity contribution >= 4 is 27.3 Å². The van der Waals surface area contributed by atoms with Crippen LogP contribution in [0.3, 0.4) is 0 Å². The molecule has 0 saturated carbocycles. The fraction of sp³-hybridized carbons (Fsp3) is 0.174. The molecule has 0 atom stereocenters. The number of nitrogens with zero attached hydrogens (tertiary/aromatic N) is 1. The fourth-order valence-electron chi connectivity index (χ4n) is 2.96. The number of sulfonamides is 1. The summed E-state index contributed by atoms with van der Waals surface area (Å²) in [5, 5.41) is 2.77. The third-order valence-electron chi connectivity index (χ3n) is 4.45. The first-order valence-corrected chi connectivity index (χ1v) is 11.3. The van der Waals surface area contributed by atoms with E-state index in [1.165, 1.54) is 0 Å². The zero-order chi connectivity index (χ0) is 21.7. The van der Waals surface area contributed by atoms with Crippen molar-refractivity contribution in [1.82, 2.24) is 0 Å². The quantitative estimate of drug-likeness (QED) is 0.606. The van der Waals surface area contributed by atoms with Crippen LogP contribution < -0.4 is 14.4 Å². The van der Waals surface area contributed by atoms with Crippen LogP contribution in [-0.4, -0.2) is 27.1 Å². The van der Waals surface area contributed by atoms with Gasteiger partial charge >= 0.3 is 0 Å². The van der Waals surface area contributed by atoms with Crippen LogP contribution in [-0.2, 0) is 14.8 Å². The number of carbonyl (C=O) groups is 1. The maximum Gasteiger partial charge on any atom is 0.245 e. The maximum atomic E-state index is 12.8. The largest absolute Gasteiger partial charge is 0.455 e. The Morgan fingerprint density at radius 1 is 0.967 bits per heavy atom. The first-order valence-electron chi connectivity index (χ1n) is 9.41. The lowest BCUT2D eigenvalue weighted by Gasteiger charge is -2.24. The van der Waals surface area contributed by atoms with Gasteiger partial charge in [-0.1, -0.05) is 42.5 Å². The molecule has 0 aliphatic rings. The van der Waals surface area contributed by atoms with Crippen LogP contribution in [0.25, 0.3) is 0 Å². The molecule has 0 saturated heterocycles. The molecular weight excluding hydrogens is 400 g/mol. The summed E-state index contributed by atoms with van der Waals surface area (Å²) in [6, 6.07) is 21.7. The molecule has 0 fully saturated rings. The molecule has 7 heteroatoms. The number of rotatable bonds is 7. The standard InChI is InChI=1S/C23H24N2O4S/c1-17-13-14-18(2)21(15-17)25(30(3,27)28)16-23(26)24-20-11-7-8-12-22(20)29-19-9-5-4-6-10-19/h4-15H,16H2,1-3H3,(H,24,26). The van der Waals surface area contributed by atoms with Crippen LogP contribution in [0.2, 0.25) is 0 Å². The monoisotopic (exact) mass is 424 g/mol. The van der Waals surface area contributed by atoms with Gasteiger partial charge in [-0.3, -0.25) is 9.10 Å². The van der Waals surface area contributed by atoms with E-state index in [0.29, 0.717) is 22.9 Å². The number of nitrogens with one attached hydrogen (secondary N) is 1. The first-order chi connectivity index (χ1) is 14.2. The van der Waals surface area contributed by atoms with Gasteiger partial charge in [-0.25, -0.2) is 8.42 Å². The van der Waals surface area contributed by atoms with Gasteiger partial charge in [-0.05, 0) is 55.3 Å². The molecule has 0 aliphatic carbocycles. The van der Waals surface area contributed by atoms with Gasteiger partial charge in [0.05, 0.1) is 17.6 Å². The van der Waals surface area contributed by atoms with Crippen LogP contribution in [0.1, 0.15) is 11.1 Å². The minimum atomic E-state index is -3.66. The van der Waals surface area contributed by atoms with Crippen molar-refractivity contribution in [2.24, 2.45) is 0 Å². The van der Waals surface area contributed by atoms with Gasteiger partial charge in [0.15, 0.2) is 5.75 Å². The molecule has 3 aromatic carbocycles. The zero-order valence-electron chi connectivity index (χ0n) is 17.1. The van der Waals surface area contributed by atoms with Gasteiger partial charge in [-0.15, -0.1) is 0 Å². The third-order valence-corrected chi connectivity index (χ3v) is 5.58. The Morgan fingerprint density at radius 3 is 2.33 bits per heavy atom. The number of ether oxygens (including phenoxy) is 1. The van der Waals surface area contributed by atoms with Crippen molar-refractivity contribution in [2.75, 3.05) is 22.4 Å². The highest BCUT2D eigenvalue weighted by Crippen LogP contribution is 2.29. The highest BCUT2D eigenvalue weighted by atomic mass is 32.2. The van der Waals surface area contributed by atoms with Crippen molar-refractivity contribution in [2.45, 2.75) is 13.8 Å². The zero-order valence-corrected chi connectivity index (χ0v) is 17.9. The van der Waals surface area contributed by atoms with E-state index in [1.807, 2.05) is 56.3 Å². The van der Waals surface area contributed by atoms with E-state index >= 15 is 0 Å². The molecule has 0 unspecified atom stereocenters. The lowest BCUT2D eigenvalue weighted by molar-refractivity contribution is -0.114. The highest BCUT2D eigenvalue weighted by molar-refractivity contribution is 7.92. The summed E-state index contributed by atoms with van der Waals surface area (Å²) >= 11 is 0. The van der Waals surface area contributed by atoms with Crippen LogP contribution in [0.4, 0.5) is 11.4 Å². The van der Waals surface area contributed by atoms with Crippen molar-refractivity contribution < 1.29 is 17.9 Å². The molecule has 0 spiro atoms. The van der Waals surface area contributed by atoms with Crippen LogP contribution in [0, 0.1) is 13.8 Å². The lowest BCUT2D eigenvalue weighted by atomic mass is 10.1. The number of carbonyl (C=O) groups excluding carboxylic acids is 1. The summed E-state index contributed by atoms with van der Waals surface area (Å²) in [4.78, 5) is 12.8. The average Bonchev–Trinajstić information content (AvgIpc) is 2.70. The minimum absolute atomic E-state index is 0.344. The number of benzene rings is 3. The molecule has 0 bridgehead atoms. The Kier molecular flexibility index (Phi) is 6.42. The summed E-state index contributed by atoms with van der Waals surface area (Å²) in [5.74, 6) is 0.632. The van der Waals surface area contributed by atoms with E-state index in [9.17, 15) is 13.2 Å². The summed E-state index contributed by atoms with van der Waals surface area (Å²) < 4.78 is 31.8. The SMILES string of the molecule is Cc1ccc(C)c(N(CC(=O)Nc2ccccc2Oc2ccccc2)S(C)(=O)=O)c1. The molecular formula is C23H24N2O4S. The molecule has 30 heavy (non-hydrogen) atoms. The van der Waals surface area contributed by atoms with E-state index in [4.69, 9.17) is 4.74 Å². The van der Waals surface area contributed by atoms with Crippen molar-refractivity contribution in [3.63, 3.8) is 0 Å². The van der Waals surface area contributed by atoms with Crippen molar-refractivity contribution in [3.8, 4) is 11.5 Å². The van der Waals surface area contributed by atoms with Crippen molar-refractivity contribution in [1.29, 1.82) is 0 Å². The molecule has 3 aromatic rings. The van der Waals surface area contributed by atoms with Gasteiger partial charge < -0.3 is 10.1 Å². The number of hydrogen-bond acceptors (Lipinski definition) is 4. The number of amides is 1. The summed E-state index contributed by atoms with van der Waals surface area (Å²) in [5.41, 5.74) is 2.63. The molecule has 1 N–H and O–H groups in total. The second-order valence-electron chi connectivity index (χ2n) is 7.02. The lowest BCUT2D eigenvalue weighted by Crippen LogP contribution is -2.38. The first kappa shape index (κ1) is 21.4. The van der Waals surface area contributed by atoms with E-state index < -0.39 is 15.9 Å². The molecule has 0 radical (unpaired) electrons. The molecule has 3 rings (SSSR count). The van der Waals surface area contributed by atoms with E-state index in [0.717, 1.165) is 21.7 Å². The molecule has 0 aromatic heterocycles. The Balaban J connectivity index is 1.82. The third kappa shape index (κ3) is 5.39. The maximum absolute atomic E-state index is 12.8. The fourth-order valence-corrected chi connectivity index (χ4v) is 3.87. The van der Waals surface area contributed by atoms with Gasteiger partial charge in [0.25, 0.3) is 0 Å². The second-order valence-corrected chi connectivity index (χ2v) is 8.93. The molecule has 1 amide bonds. The molecule has 0 heterocycles. The molecule has 0 aliphatic heterocycles. The average molecular weight is 425 g/mol. The summed E-state index contributed by atoms with van der Waals surface area (Å²) in [6.45, 7) is 3.34. The summed E-state index contributed by atoms with van der Waals surface area (Å²) in [7, 11) is -3.66. The number of anilines is 2. The van der Waals surface area contributed by atoms with Gasteiger partial charge in [0, 0.05) is 0 Å². The van der Waals surface area contributed by atoms with Gasteiger partial charge in [0.1, 0.15) is 12.3 Å². The minimum Gasteiger partial charge on any atom is -0.455 e. The van der Waals surface area contributed by atoms with Gasteiger partial charge in [0.2, 0.25) is 15.9 Å². The van der Waals surface area contributed by atoms with Gasteiger partial charge in [-0.2, -0.15) is 0 Å². The van der Waals surface area contributed by atoms with Crippen molar-refractivity contribution in [3.05, 3.63) is 83.9 Å². The van der Waals surface area contributed by atoms with E-state index in [2.05, 4.69) is 5.32 Å². The predicted molar refractivity (Wildman–Crippen MR) is 120 cm³/mol. The highest BCUT2D eigenvalue weighted by Gasteiger charge is 2.23. The Hall–Kier alpha value is -3.32. The number of para-hydroxylation sites is 3. The Bertz CT molecular complexity index is 1140. The smallest absolute Gasteiger partial charge is 0.245 e. The summed E-state index contributed by atoms with van der Waals surface area (Å²) in [6.07, 6.45) is 1.09. The number of aryl methyl sites for hydroxylation is 2. The molecule has 6 nitrogen and oxygen atoms in total. The van der Waals surface area contributed by atoms with Crippen LogP contribution in [0.15, 0.2) is 72.8 Å². The Labute approximate surface area is 177 Å². The predicted octanol–water partition coefficient (Wildman–Crippen LogP) is 4.50. The van der Waals surface area contributed by atoms with Crippen LogP contribution in [0.5, 0.6) is 11.5 Å². The van der Waals surface area contributed by atoms with E-state index in [1.54, 1.807) is 30.3 Å². The Morgan fingerprint density at radius 2 is 1.63 bits per heavy atom. The topological polar surface area (TPSA) is 75.7 Å².